The Morgan fingerprint density at radius 1 is 0.833 bits per heavy atom. The predicted molar refractivity (Wildman–Crippen MR) is 125 cm³/mol. The second-order valence-electron chi connectivity index (χ2n) is 6.78. The van der Waals surface area contributed by atoms with Crippen molar-refractivity contribution < 1.29 is 14.2 Å². The van der Waals surface area contributed by atoms with Crippen molar-refractivity contribution in [2.45, 2.75) is 26.7 Å². The van der Waals surface area contributed by atoms with E-state index in [1.165, 1.54) is 0 Å². The van der Waals surface area contributed by atoms with Crippen LogP contribution in [0, 0.1) is 0 Å². The van der Waals surface area contributed by atoms with Crippen LogP contribution in [0.4, 0.5) is 0 Å². The molecule has 0 spiro atoms. The van der Waals surface area contributed by atoms with Gasteiger partial charge in [0, 0.05) is 16.4 Å². The third-order valence-electron chi connectivity index (χ3n) is 5.04. The Morgan fingerprint density at radius 3 is 2.03 bits per heavy atom. The fourth-order valence-corrected chi connectivity index (χ4v) is 6.13. The molecule has 0 fully saturated rings. The lowest BCUT2D eigenvalue weighted by atomic mass is 9.94. The van der Waals surface area contributed by atoms with E-state index in [2.05, 4.69) is 0 Å². The molecule has 3 aromatic carbocycles. The zero-order valence-corrected chi connectivity index (χ0v) is 19.2. The van der Waals surface area contributed by atoms with E-state index in [0.29, 0.717) is 34.8 Å². The molecule has 0 saturated heterocycles. The fraction of sp³-hybridized carbons (Fsp3) is 0.167. The average molecular weight is 459 g/mol. The van der Waals surface area contributed by atoms with Crippen LogP contribution < -0.4 is 5.30 Å². The summed E-state index contributed by atoms with van der Waals surface area (Å²) < 4.78 is 13.5. The van der Waals surface area contributed by atoms with Gasteiger partial charge in [-0.15, -0.1) is 0 Å². The van der Waals surface area contributed by atoms with Crippen molar-refractivity contribution in [3.05, 3.63) is 98.5 Å². The van der Waals surface area contributed by atoms with E-state index in [4.69, 9.17) is 23.2 Å². The van der Waals surface area contributed by atoms with Gasteiger partial charge in [0.15, 0.2) is 13.6 Å². The number of benzene rings is 3. The van der Waals surface area contributed by atoms with Gasteiger partial charge in [0.1, 0.15) is 0 Å². The molecule has 0 bridgehead atoms. The van der Waals surface area contributed by atoms with Crippen LogP contribution in [-0.2, 0) is 17.4 Å². The third-order valence-corrected chi connectivity index (χ3v) is 7.41. The highest BCUT2D eigenvalue weighted by Gasteiger charge is 2.27. The fourth-order valence-electron chi connectivity index (χ4n) is 3.54. The highest BCUT2D eigenvalue weighted by molar-refractivity contribution is 7.71. The maximum absolute atomic E-state index is 13.5. The van der Waals surface area contributed by atoms with E-state index >= 15 is 0 Å². The number of hydrogen-bond acceptors (Lipinski definition) is 3. The summed E-state index contributed by atoms with van der Waals surface area (Å²) in [7, 11) is -2.97. The molecule has 1 atom stereocenters. The van der Waals surface area contributed by atoms with Gasteiger partial charge in [-0.2, -0.15) is 0 Å². The molecule has 6 heteroatoms. The first-order valence-electron chi connectivity index (χ1n) is 9.68. The molecule has 0 radical (unpaired) electrons. The van der Waals surface area contributed by atoms with Gasteiger partial charge in [0.25, 0.3) is 0 Å². The number of halogens is 2. The van der Waals surface area contributed by atoms with E-state index < -0.39 is 13.3 Å². The predicted octanol–water partition coefficient (Wildman–Crippen LogP) is 6.37. The molecular weight excluding hydrogens is 438 g/mol. The second kappa shape index (κ2) is 9.75. The lowest BCUT2D eigenvalue weighted by molar-refractivity contribution is 0.103. The number of aryl methyl sites for hydroxylation is 1. The minimum Gasteiger partial charge on any atom is -0.313 e. The van der Waals surface area contributed by atoms with E-state index in [9.17, 15) is 14.2 Å². The smallest absolute Gasteiger partial charge is 0.225 e. The molecule has 0 N–H and O–H groups in total. The van der Waals surface area contributed by atoms with Crippen LogP contribution in [-0.4, -0.2) is 11.3 Å². The van der Waals surface area contributed by atoms with Gasteiger partial charge in [0.05, 0.1) is 15.6 Å². The molecule has 3 nitrogen and oxygen atoms in total. The van der Waals surface area contributed by atoms with Gasteiger partial charge in [-0.3, -0.25) is 9.59 Å². The van der Waals surface area contributed by atoms with Crippen LogP contribution in [0.2, 0.25) is 10.0 Å². The summed E-state index contributed by atoms with van der Waals surface area (Å²) in [6, 6.07) is 17.2. The topological polar surface area (TPSA) is 51.2 Å². The minimum absolute atomic E-state index is 0.0635. The van der Waals surface area contributed by atoms with Gasteiger partial charge in [-0.05, 0) is 36.1 Å². The van der Waals surface area contributed by atoms with E-state index in [-0.39, 0.29) is 21.4 Å². The lowest BCUT2D eigenvalue weighted by Gasteiger charge is -2.17. The number of rotatable bonds is 7. The molecular formula is C24H21Cl2O3P. The highest BCUT2D eigenvalue weighted by Crippen LogP contribution is 2.37. The summed E-state index contributed by atoms with van der Waals surface area (Å²) in [5.41, 5.74) is 1.91. The van der Waals surface area contributed by atoms with E-state index in [0.717, 1.165) is 5.56 Å². The van der Waals surface area contributed by atoms with E-state index in [1.54, 1.807) is 54.6 Å². The second-order valence-corrected chi connectivity index (χ2v) is 9.21. The molecule has 0 aliphatic carbocycles. The first-order valence-corrected chi connectivity index (χ1v) is 11.8. The monoisotopic (exact) mass is 458 g/mol. The van der Waals surface area contributed by atoms with Crippen LogP contribution in [0.1, 0.15) is 51.3 Å². The van der Waals surface area contributed by atoms with Gasteiger partial charge >= 0.3 is 0 Å². The Hall–Kier alpha value is -2.19. The first kappa shape index (κ1) is 22.5. The first-order chi connectivity index (χ1) is 14.4. The van der Waals surface area contributed by atoms with Gasteiger partial charge in [-0.1, -0.05) is 85.6 Å². The van der Waals surface area contributed by atoms with Gasteiger partial charge in [-0.25, -0.2) is 0 Å². The summed E-state index contributed by atoms with van der Waals surface area (Å²) in [5.74, 6) is -0.158. The molecule has 1 unspecified atom stereocenters. The van der Waals surface area contributed by atoms with Crippen molar-refractivity contribution >= 4 is 47.6 Å². The van der Waals surface area contributed by atoms with Crippen LogP contribution >= 0.6 is 31.0 Å². The maximum Gasteiger partial charge on any atom is 0.225 e. The lowest BCUT2D eigenvalue weighted by Crippen LogP contribution is -2.20. The molecule has 0 aliphatic heterocycles. The third kappa shape index (κ3) is 4.30. The van der Waals surface area contributed by atoms with Crippen molar-refractivity contribution in [1.29, 1.82) is 0 Å². The average Bonchev–Trinajstić information content (AvgIpc) is 2.77. The van der Waals surface area contributed by atoms with Crippen molar-refractivity contribution in [3.8, 4) is 0 Å². The van der Waals surface area contributed by atoms with Crippen molar-refractivity contribution in [3.63, 3.8) is 0 Å². The molecule has 0 amide bonds. The summed E-state index contributed by atoms with van der Waals surface area (Å²) >= 11 is 12.4. The summed E-state index contributed by atoms with van der Waals surface area (Å²) in [6.07, 6.45) is 1.05. The van der Waals surface area contributed by atoms with Crippen LogP contribution in [0.5, 0.6) is 0 Å². The largest absolute Gasteiger partial charge is 0.313 e. The Balaban J connectivity index is 2.17. The van der Waals surface area contributed by atoms with Crippen molar-refractivity contribution in [1.82, 2.24) is 0 Å². The molecule has 0 aliphatic rings. The number of carbonyl (C=O) groups excluding carboxylic acids is 2. The van der Waals surface area contributed by atoms with Gasteiger partial charge < -0.3 is 4.57 Å². The van der Waals surface area contributed by atoms with Crippen LogP contribution in [0.3, 0.4) is 0 Å². The molecule has 0 saturated carbocycles. The molecule has 0 aromatic heterocycles. The Bertz CT molecular complexity index is 1120. The standard InChI is InChI=1S/C24H21Cl2O3P/c1-3-15-13-14-18(22(27)16-9-6-5-7-10-16)17(4-2)23(15)30(29)24(28)21-19(25)11-8-12-20(21)26/h5-14,30H,3-4H2,1-2H3. The summed E-state index contributed by atoms with van der Waals surface area (Å²) in [4.78, 5) is 26.3. The highest BCUT2D eigenvalue weighted by atomic mass is 35.5. The Kier molecular flexibility index (Phi) is 7.31. The maximum atomic E-state index is 13.5. The SMILES string of the molecule is CCc1ccc(C(=O)c2ccccc2)c(CC)c1[PH](=O)C(=O)c1c(Cl)cccc1Cl. The van der Waals surface area contributed by atoms with Crippen molar-refractivity contribution in [2.24, 2.45) is 0 Å². The normalized spacial score (nSPS) is 11.9. The van der Waals surface area contributed by atoms with Crippen LogP contribution in [0.25, 0.3) is 0 Å². The Labute approximate surface area is 186 Å². The van der Waals surface area contributed by atoms with Crippen molar-refractivity contribution in [2.75, 3.05) is 0 Å². The zero-order chi connectivity index (χ0) is 21.8. The molecule has 3 aromatic rings. The number of ketones is 1. The summed E-state index contributed by atoms with van der Waals surface area (Å²) in [5, 5.41) is 0.782. The molecule has 30 heavy (non-hydrogen) atoms. The molecule has 154 valence electrons. The zero-order valence-electron chi connectivity index (χ0n) is 16.7. The molecule has 0 heterocycles. The van der Waals surface area contributed by atoms with E-state index in [1.807, 2.05) is 19.9 Å². The summed E-state index contributed by atoms with van der Waals surface area (Å²) in [6.45, 7) is 3.82. The Morgan fingerprint density at radius 2 is 1.47 bits per heavy atom. The number of hydrogen-bond donors (Lipinski definition) is 0. The minimum atomic E-state index is -2.97. The molecule has 3 rings (SSSR count). The van der Waals surface area contributed by atoms with Crippen LogP contribution in [0.15, 0.2) is 60.7 Å². The van der Waals surface area contributed by atoms with Gasteiger partial charge in [0.2, 0.25) is 5.52 Å². The number of carbonyl (C=O) groups is 2. The quantitative estimate of drug-likeness (QED) is 0.305.